The molecule has 0 unspecified atom stereocenters. The highest BCUT2D eigenvalue weighted by molar-refractivity contribution is 5.81. The molecule has 2 aromatic heterocycles. The van der Waals surface area contributed by atoms with Crippen molar-refractivity contribution in [1.29, 1.82) is 0 Å². The van der Waals surface area contributed by atoms with Crippen molar-refractivity contribution in [3.05, 3.63) is 54.0 Å². The first-order valence-electron chi connectivity index (χ1n) is 6.71. The largest absolute Gasteiger partial charge is 0.481 e. The van der Waals surface area contributed by atoms with E-state index in [1.54, 1.807) is 7.11 Å². The standard InChI is InChI=1S/C16H16N4O/c1-11-15(19-10-20-16(11)21-2)18-9-13-6-3-5-12-7-4-8-17-14(12)13/h3-8,10H,9H2,1-2H3,(H,18,19,20). The first-order valence-corrected chi connectivity index (χ1v) is 6.71. The van der Waals surface area contributed by atoms with Gasteiger partial charge in [-0.15, -0.1) is 0 Å². The number of hydrogen-bond donors (Lipinski definition) is 1. The lowest BCUT2D eigenvalue weighted by atomic mass is 10.1. The number of methoxy groups -OCH3 is 1. The normalized spacial score (nSPS) is 10.6. The molecule has 0 saturated heterocycles. The summed E-state index contributed by atoms with van der Waals surface area (Å²) in [6.07, 6.45) is 3.31. The first kappa shape index (κ1) is 13.3. The topological polar surface area (TPSA) is 59.9 Å². The third-order valence-corrected chi connectivity index (χ3v) is 3.39. The smallest absolute Gasteiger partial charge is 0.221 e. The summed E-state index contributed by atoms with van der Waals surface area (Å²) in [6.45, 7) is 2.58. The Hall–Kier alpha value is -2.69. The SMILES string of the molecule is COc1ncnc(NCc2cccc3cccnc23)c1C. The molecule has 0 saturated carbocycles. The average molecular weight is 280 g/mol. The van der Waals surface area contributed by atoms with Crippen LogP contribution in [0.1, 0.15) is 11.1 Å². The summed E-state index contributed by atoms with van der Waals surface area (Å²) in [7, 11) is 1.60. The molecule has 0 fully saturated rings. The van der Waals surface area contributed by atoms with Crippen LogP contribution in [-0.2, 0) is 6.54 Å². The highest BCUT2D eigenvalue weighted by Gasteiger charge is 2.08. The molecule has 106 valence electrons. The van der Waals surface area contributed by atoms with E-state index in [9.17, 15) is 0 Å². The predicted octanol–water partition coefficient (Wildman–Crippen LogP) is 2.95. The van der Waals surface area contributed by atoms with Crippen molar-refractivity contribution in [2.75, 3.05) is 12.4 Å². The lowest BCUT2D eigenvalue weighted by Gasteiger charge is -2.11. The fraction of sp³-hybridized carbons (Fsp3) is 0.188. The van der Waals surface area contributed by atoms with Crippen LogP contribution < -0.4 is 10.1 Å². The molecule has 1 N–H and O–H groups in total. The molecule has 0 radical (unpaired) electrons. The second-order valence-corrected chi connectivity index (χ2v) is 4.70. The van der Waals surface area contributed by atoms with Crippen molar-refractivity contribution in [3.63, 3.8) is 0 Å². The molecule has 0 atom stereocenters. The number of nitrogens with zero attached hydrogens (tertiary/aromatic N) is 3. The molecule has 0 amide bonds. The summed E-state index contributed by atoms with van der Waals surface area (Å²) >= 11 is 0. The molecule has 3 rings (SSSR count). The van der Waals surface area contributed by atoms with Crippen molar-refractivity contribution < 1.29 is 4.74 Å². The summed E-state index contributed by atoms with van der Waals surface area (Å²) in [4.78, 5) is 12.8. The second kappa shape index (κ2) is 5.75. The van der Waals surface area contributed by atoms with Gasteiger partial charge in [-0.25, -0.2) is 9.97 Å². The van der Waals surface area contributed by atoms with Crippen molar-refractivity contribution >= 4 is 16.7 Å². The molecule has 5 heteroatoms. The number of rotatable bonds is 4. The number of anilines is 1. The van der Waals surface area contributed by atoms with E-state index in [1.165, 1.54) is 6.33 Å². The summed E-state index contributed by atoms with van der Waals surface area (Å²) in [5.41, 5.74) is 3.03. The third-order valence-electron chi connectivity index (χ3n) is 3.39. The molecule has 21 heavy (non-hydrogen) atoms. The van der Waals surface area contributed by atoms with Crippen LogP contribution in [0.4, 0.5) is 5.82 Å². The second-order valence-electron chi connectivity index (χ2n) is 4.70. The highest BCUT2D eigenvalue weighted by Crippen LogP contribution is 2.22. The summed E-state index contributed by atoms with van der Waals surface area (Å²) < 4.78 is 5.20. The molecule has 0 spiro atoms. The lowest BCUT2D eigenvalue weighted by molar-refractivity contribution is 0.393. The Labute approximate surface area is 123 Å². The molecular formula is C16H16N4O. The molecule has 3 aromatic rings. The number of aromatic nitrogens is 3. The number of ether oxygens (including phenoxy) is 1. The minimum absolute atomic E-state index is 0.587. The zero-order valence-electron chi connectivity index (χ0n) is 12.0. The Kier molecular flexibility index (Phi) is 3.64. The van der Waals surface area contributed by atoms with Gasteiger partial charge in [-0.05, 0) is 18.6 Å². The Bertz CT molecular complexity index is 768. The van der Waals surface area contributed by atoms with Gasteiger partial charge in [0.25, 0.3) is 0 Å². The quantitative estimate of drug-likeness (QED) is 0.796. The minimum Gasteiger partial charge on any atom is -0.481 e. The number of benzene rings is 1. The van der Waals surface area contributed by atoms with Crippen LogP contribution in [-0.4, -0.2) is 22.1 Å². The molecule has 0 aliphatic carbocycles. The van der Waals surface area contributed by atoms with Crippen LogP contribution in [0.5, 0.6) is 5.88 Å². The van der Waals surface area contributed by atoms with E-state index in [-0.39, 0.29) is 0 Å². The van der Waals surface area contributed by atoms with E-state index in [2.05, 4.69) is 38.5 Å². The summed E-state index contributed by atoms with van der Waals surface area (Å²) in [5.74, 6) is 1.36. The third kappa shape index (κ3) is 2.63. The van der Waals surface area contributed by atoms with E-state index in [1.807, 2.05) is 25.3 Å². The number of para-hydroxylation sites is 1. The van der Waals surface area contributed by atoms with E-state index in [0.29, 0.717) is 12.4 Å². The molecule has 0 aliphatic rings. The highest BCUT2D eigenvalue weighted by atomic mass is 16.5. The zero-order chi connectivity index (χ0) is 14.7. The van der Waals surface area contributed by atoms with Gasteiger partial charge in [0.1, 0.15) is 12.1 Å². The molecule has 2 heterocycles. The zero-order valence-corrected chi connectivity index (χ0v) is 12.0. The van der Waals surface area contributed by atoms with Crippen LogP contribution in [0.2, 0.25) is 0 Å². The van der Waals surface area contributed by atoms with Gasteiger partial charge in [-0.3, -0.25) is 4.98 Å². The maximum absolute atomic E-state index is 5.20. The fourth-order valence-electron chi connectivity index (χ4n) is 2.31. The van der Waals surface area contributed by atoms with Crippen LogP contribution in [0.3, 0.4) is 0 Å². The van der Waals surface area contributed by atoms with Crippen molar-refractivity contribution in [1.82, 2.24) is 15.0 Å². The number of fused-ring (bicyclic) bond motifs is 1. The molecule has 0 bridgehead atoms. The van der Waals surface area contributed by atoms with Crippen molar-refractivity contribution in [3.8, 4) is 5.88 Å². The monoisotopic (exact) mass is 280 g/mol. The minimum atomic E-state index is 0.587. The summed E-state index contributed by atoms with van der Waals surface area (Å²) in [5, 5.41) is 4.46. The van der Waals surface area contributed by atoms with Crippen molar-refractivity contribution in [2.45, 2.75) is 13.5 Å². The van der Waals surface area contributed by atoms with Crippen LogP contribution in [0.25, 0.3) is 10.9 Å². The molecule has 0 aliphatic heterocycles. The van der Waals surface area contributed by atoms with E-state index in [4.69, 9.17) is 4.74 Å². The van der Waals surface area contributed by atoms with Gasteiger partial charge < -0.3 is 10.1 Å². The van der Waals surface area contributed by atoms with Gasteiger partial charge in [0.15, 0.2) is 0 Å². The lowest BCUT2D eigenvalue weighted by Crippen LogP contribution is -2.06. The average Bonchev–Trinajstić information content (AvgIpc) is 2.54. The van der Waals surface area contributed by atoms with E-state index < -0.39 is 0 Å². The van der Waals surface area contributed by atoms with Gasteiger partial charge in [0, 0.05) is 18.1 Å². The molecule has 1 aromatic carbocycles. The van der Waals surface area contributed by atoms with Gasteiger partial charge in [0.2, 0.25) is 5.88 Å². The fourth-order valence-corrected chi connectivity index (χ4v) is 2.31. The van der Waals surface area contributed by atoms with Crippen LogP contribution in [0, 0.1) is 6.92 Å². The van der Waals surface area contributed by atoms with Crippen LogP contribution >= 0.6 is 0 Å². The summed E-state index contributed by atoms with van der Waals surface area (Å²) in [6, 6.07) is 10.2. The van der Waals surface area contributed by atoms with E-state index in [0.717, 1.165) is 27.8 Å². The maximum atomic E-state index is 5.20. The Balaban J connectivity index is 1.87. The van der Waals surface area contributed by atoms with Gasteiger partial charge in [0.05, 0.1) is 18.2 Å². The maximum Gasteiger partial charge on any atom is 0.221 e. The van der Waals surface area contributed by atoms with Gasteiger partial charge in [-0.1, -0.05) is 24.3 Å². The Morgan fingerprint density at radius 1 is 1.10 bits per heavy atom. The number of hydrogen-bond acceptors (Lipinski definition) is 5. The Morgan fingerprint density at radius 3 is 2.81 bits per heavy atom. The number of nitrogens with one attached hydrogen (secondary N) is 1. The van der Waals surface area contributed by atoms with Gasteiger partial charge >= 0.3 is 0 Å². The Morgan fingerprint density at radius 2 is 1.95 bits per heavy atom. The van der Waals surface area contributed by atoms with Gasteiger partial charge in [-0.2, -0.15) is 0 Å². The van der Waals surface area contributed by atoms with Crippen molar-refractivity contribution in [2.24, 2.45) is 0 Å². The molecule has 5 nitrogen and oxygen atoms in total. The number of pyridine rings is 1. The first-order chi connectivity index (χ1) is 10.3. The molecular weight excluding hydrogens is 264 g/mol. The van der Waals surface area contributed by atoms with Crippen LogP contribution in [0.15, 0.2) is 42.9 Å². The predicted molar refractivity (Wildman–Crippen MR) is 82.4 cm³/mol. The van der Waals surface area contributed by atoms with E-state index >= 15 is 0 Å².